The molecule has 0 saturated heterocycles. The van der Waals surface area contributed by atoms with Gasteiger partial charge in [-0.15, -0.1) is 0 Å². The number of rotatable bonds is 9. The maximum absolute atomic E-state index is 4.71. The molecule has 0 aliphatic carbocycles. The van der Waals surface area contributed by atoms with Crippen molar-refractivity contribution in [3.63, 3.8) is 0 Å². The third-order valence-corrected chi connectivity index (χ3v) is 5.62. The Balaban J connectivity index is 1.36. The largest absolute Gasteiger partial charge is 0.287 e. The lowest BCUT2D eigenvalue weighted by Gasteiger charge is -2.27. The van der Waals surface area contributed by atoms with Crippen LogP contribution < -0.4 is 0 Å². The summed E-state index contributed by atoms with van der Waals surface area (Å²) in [5.74, 6) is 0. The maximum atomic E-state index is 4.71. The van der Waals surface area contributed by atoms with Gasteiger partial charge in [0, 0.05) is 25.3 Å². The van der Waals surface area contributed by atoms with E-state index in [-0.39, 0.29) is 6.04 Å². The van der Waals surface area contributed by atoms with E-state index in [9.17, 15) is 0 Å². The summed E-state index contributed by atoms with van der Waals surface area (Å²) in [6.07, 6.45) is 7.59. The molecule has 0 fully saturated rings. The van der Waals surface area contributed by atoms with Crippen molar-refractivity contribution in [2.45, 2.75) is 39.5 Å². The van der Waals surface area contributed by atoms with E-state index in [4.69, 9.17) is 10.2 Å². The third-order valence-electron chi connectivity index (χ3n) is 5.62. The van der Waals surface area contributed by atoms with Crippen LogP contribution in [0.25, 0.3) is 11.4 Å². The molecule has 0 spiro atoms. The van der Waals surface area contributed by atoms with E-state index < -0.39 is 0 Å². The van der Waals surface area contributed by atoms with Crippen molar-refractivity contribution in [1.82, 2.24) is 44.7 Å². The van der Waals surface area contributed by atoms with Crippen LogP contribution in [0.15, 0.2) is 85.5 Å². The molecule has 0 radical (unpaired) electrons. The number of benzene rings is 2. The van der Waals surface area contributed by atoms with Crippen LogP contribution in [0.2, 0.25) is 0 Å². The average Bonchev–Trinajstić information content (AvgIpc) is 3.62. The average molecular weight is 454 g/mol. The summed E-state index contributed by atoms with van der Waals surface area (Å²) < 4.78 is 1.98. The first kappa shape index (κ1) is 21.7. The summed E-state index contributed by atoms with van der Waals surface area (Å²) in [5, 5.41) is 22.8. The van der Waals surface area contributed by atoms with Crippen LogP contribution in [-0.2, 0) is 19.6 Å². The molecule has 0 aliphatic heterocycles. The molecule has 0 saturated carbocycles. The van der Waals surface area contributed by atoms with E-state index in [2.05, 4.69) is 40.2 Å². The highest BCUT2D eigenvalue weighted by molar-refractivity contribution is 5.29. The Morgan fingerprint density at radius 2 is 1.26 bits per heavy atom. The van der Waals surface area contributed by atoms with Gasteiger partial charge in [-0.25, -0.2) is 0 Å². The SMILES string of the molecule is Cc1cnn(C[C@H](C)N(Cc2cnn(-c3ccccc3)n2)Cc2cnn(-c3ccccc3)n2)c1. The third kappa shape index (κ3) is 5.10. The standard InChI is InChI=1S/C25H27N9/c1-20-13-26-32(16-20)17-21(2)31(18-22-14-27-33(29-22)24-9-5-3-6-10-24)19-23-15-28-34(30-23)25-11-7-4-8-12-25/h3-16,21H,17-19H2,1-2H3/t21-/m0/s1. The molecular formula is C25H27N9. The molecule has 0 N–H and O–H groups in total. The van der Waals surface area contributed by atoms with E-state index >= 15 is 0 Å². The lowest BCUT2D eigenvalue weighted by Crippen LogP contribution is -2.35. The summed E-state index contributed by atoms with van der Waals surface area (Å²) in [6, 6.07) is 20.0. The van der Waals surface area contributed by atoms with Crippen LogP contribution in [-0.4, -0.2) is 50.7 Å². The predicted molar refractivity (Wildman–Crippen MR) is 128 cm³/mol. The second-order valence-electron chi connectivity index (χ2n) is 8.42. The fourth-order valence-electron chi connectivity index (χ4n) is 3.84. The van der Waals surface area contributed by atoms with Crippen LogP contribution in [0.4, 0.5) is 0 Å². The molecule has 34 heavy (non-hydrogen) atoms. The monoisotopic (exact) mass is 453 g/mol. The first-order valence-electron chi connectivity index (χ1n) is 11.3. The van der Waals surface area contributed by atoms with Crippen LogP contribution in [0, 0.1) is 6.92 Å². The minimum absolute atomic E-state index is 0.183. The van der Waals surface area contributed by atoms with Gasteiger partial charge in [0.15, 0.2) is 0 Å². The first-order valence-corrected chi connectivity index (χ1v) is 11.3. The van der Waals surface area contributed by atoms with E-state index in [0.29, 0.717) is 13.1 Å². The molecule has 9 nitrogen and oxygen atoms in total. The molecule has 0 amide bonds. The normalized spacial score (nSPS) is 12.3. The number of para-hydroxylation sites is 2. The zero-order chi connectivity index (χ0) is 23.3. The Hall–Kier alpha value is -4.11. The van der Waals surface area contributed by atoms with E-state index in [1.807, 2.05) is 83.9 Å². The summed E-state index contributed by atoms with van der Waals surface area (Å²) in [6.45, 7) is 6.27. The van der Waals surface area contributed by atoms with Crippen LogP contribution in [0.5, 0.6) is 0 Å². The van der Waals surface area contributed by atoms with Crippen LogP contribution in [0.3, 0.4) is 0 Å². The summed E-state index contributed by atoms with van der Waals surface area (Å²) >= 11 is 0. The first-order chi connectivity index (χ1) is 16.6. The minimum atomic E-state index is 0.183. The van der Waals surface area contributed by atoms with Crippen LogP contribution in [0.1, 0.15) is 23.9 Å². The van der Waals surface area contributed by atoms with Gasteiger partial charge in [0.05, 0.1) is 47.9 Å². The summed E-state index contributed by atoms with van der Waals surface area (Å²) in [7, 11) is 0. The Morgan fingerprint density at radius 1 is 0.735 bits per heavy atom. The molecule has 5 aromatic rings. The molecule has 0 aliphatic rings. The second kappa shape index (κ2) is 9.80. The van der Waals surface area contributed by atoms with Gasteiger partial charge in [-0.1, -0.05) is 36.4 Å². The van der Waals surface area contributed by atoms with Gasteiger partial charge in [0.25, 0.3) is 0 Å². The van der Waals surface area contributed by atoms with Crippen molar-refractivity contribution in [2.75, 3.05) is 0 Å². The van der Waals surface area contributed by atoms with E-state index in [0.717, 1.165) is 34.9 Å². The van der Waals surface area contributed by atoms with Gasteiger partial charge in [0.1, 0.15) is 0 Å². The van der Waals surface area contributed by atoms with Gasteiger partial charge < -0.3 is 0 Å². The van der Waals surface area contributed by atoms with Gasteiger partial charge in [0.2, 0.25) is 0 Å². The molecule has 3 heterocycles. The number of aromatic nitrogens is 8. The lowest BCUT2D eigenvalue weighted by atomic mass is 10.2. The van der Waals surface area contributed by atoms with Crippen molar-refractivity contribution in [3.05, 3.63) is 102 Å². The van der Waals surface area contributed by atoms with E-state index in [1.165, 1.54) is 0 Å². The van der Waals surface area contributed by atoms with Crippen molar-refractivity contribution in [1.29, 1.82) is 0 Å². The van der Waals surface area contributed by atoms with Gasteiger partial charge >= 0.3 is 0 Å². The maximum Gasteiger partial charge on any atom is 0.0972 e. The summed E-state index contributed by atoms with van der Waals surface area (Å²) in [5.41, 5.74) is 4.80. The molecule has 9 heteroatoms. The fourth-order valence-corrected chi connectivity index (χ4v) is 3.84. The number of nitrogens with zero attached hydrogens (tertiary/aromatic N) is 9. The molecule has 5 rings (SSSR count). The summed E-state index contributed by atoms with van der Waals surface area (Å²) in [4.78, 5) is 5.66. The van der Waals surface area contributed by atoms with Gasteiger partial charge in [-0.3, -0.25) is 9.58 Å². The number of aryl methyl sites for hydroxylation is 1. The number of hydrogen-bond acceptors (Lipinski definition) is 6. The van der Waals surface area contributed by atoms with Crippen LogP contribution >= 0.6 is 0 Å². The molecule has 2 aromatic carbocycles. The highest BCUT2D eigenvalue weighted by Gasteiger charge is 2.19. The van der Waals surface area contributed by atoms with E-state index in [1.54, 1.807) is 9.59 Å². The van der Waals surface area contributed by atoms with Gasteiger partial charge in [-0.2, -0.15) is 35.1 Å². The Bertz CT molecular complexity index is 1240. The molecule has 0 bridgehead atoms. The van der Waals surface area contributed by atoms with Crippen molar-refractivity contribution < 1.29 is 0 Å². The Kier molecular flexibility index (Phi) is 6.26. The Morgan fingerprint density at radius 3 is 1.74 bits per heavy atom. The quantitative estimate of drug-likeness (QED) is 0.340. The molecular weight excluding hydrogens is 426 g/mol. The van der Waals surface area contributed by atoms with Gasteiger partial charge in [-0.05, 0) is 43.7 Å². The fraction of sp³-hybridized carbons (Fsp3) is 0.240. The topological polar surface area (TPSA) is 82.5 Å². The minimum Gasteiger partial charge on any atom is -0.287 e. The van der Waals surface area contributed by atoms with Crippen molar-refractivity contribution in [3.8, 4) is 11.4 Å². The molecule has 3 aromatic heterocycles. The zero-order valence-corrected chi connectivity index (χ0v) is 19.3. The molecule has 172 valence electrons. The highest BCUT2D eigenvalue weighted by Crippen LogP contribution is 2.14. The van der Waals surface area contributed by atoms with Crippen molar-refractivity contribution in [2.24, 2.45) is 0 Å². The highest BCUT2D eigenvalue weighted by atomic mass is 15.5. The second-order valence-corrected chi connectivity index (χ2v) is 8.42. The number of hydrogen-bond donors (Lipinski definition) is 0. The molecule has 0 unspecified atom stereocenters. The predicted octanol–water partition coefficient (Wildman–Crippen LogP) is 3.44. The zero-order valence-electron chi connectivity index (χ0n) is 19.3. The van der Waals surface area contributed by atoms with Crippen molar-refractivity contribution >= 4 is 0 Å². The smallest absolute Gasteiger partial charge is 0.0972 e. The molecule has 1 atom stereocenters. The Labute approximate surface area is 198 Å². The lowest BCUT2D eigenvalue weighted by molar-refractivity contribution is 0.165.